The third kappa shape index (κ3) is 3.93. The summed E-state index contributed by atoms with van der Waals surface area (Å²) in [5.41, 5.74) is 2.88. The fourth-order valence-corrected chi connectivity index (χ4v) is 4.46. The van der Waals surface area contributed by atoms with Gasteiger partial charge in [-0.3, -0.25) is 9.89 Å². The van der Waals surface area contributed by atoms with E-state index in [2.05, 4.69) is 20.5 Å². The maximum absolute atomic E-state index is 13.1. The molecular formula is C20H21FN4OS. The predicted octanol–water partition coefficient (Wildman–Crippen LogP) is 4.71. The van der Waals surface area contributed by atoms with E-state index in [1.807, 2.05) is 6.92 Å². The van der Waals surface area contributed by atoms with Gasteiger partial charge >= 0.3 is 0 Å². The Bertz CT molecular complexity index is 941. The zero-order valence-corrected chi connectivity index (χ0v) is 15.9. The molecule has 1 aromatic carbocycles. The first kappa shape index (κ1) is 17.9. The first-order chi connectivity index (χ1) is 13.1. The van der Waals surface area contributed by atoms with Crippen LogP contribution in [0.15, 0.2) is 30.3 Å². The Kier molecular flexibility index (Phi) is 5.03. The lowest BCUT2D eigenvalue weighted by molar-refractivity contribution is 0.0922. The lowest BCUT2D eigenvalue weighted by Gasteiger charge is -2.22. The number of carbonyl (C=O) groups is 1. The van der Waals surface area contributed by atoms with Gasteiger partial charge < -0.3 is 5.32 Å². The van der Waals surface area contributed by atoms with Crippen LogP contribution in [0.3, 0.4) is 0 Å². The van der Waals surface area contributed by atoms with E-state index in [0.717, 1.165) is 39.7 Å². The van der Waals surface area contributed by atoms with E-state index in [1.54, 1.807) is 18.2 Å². The maximum Gasteiger partial charge on any atom is 0.272 e. The van der Waals surface area contributed by atoms with E-state index in [-0.39, 0.29) is 17.8 Å². The molecule has 0 spiro atoms. The van der Waals surface area contributed by atoms with E-state index in [1.165, 1.54) is 42.7 Å². The quantitative estimate of drug-likeness (QED) is 0.684. The number of H-pyrrole nitrogens is 1. The second-order valence-corrected chi connectivity index (χ2v) is 7.91. The Morgan fingerprint density at radius 1 is 1.22 bits per heavy atom. The number of nitrogens with one attached hydrogen (secondary N) is 2. The van der Waals surface area contributed by atoms with E-state index in [4.69, 9.17) is 0 Å². The molecule has 0 saturated heterocycles. The summed E-state index contributed by atoms with van der Waals surface area (Å²) in [5, 5.41) is 11.0. The summed E-state index contributed by atoms with van der Waals surface area (Å²) in [4.78, 5) is 18.0. The van der Waals surface area contributed by atoms with Crippen LogP contribution < -0.4 is 5.32 Å². The highest BCUT2D eigenvalue weighted by atomic mass is 32.1. The molecule has 0 bridgehead atoms. The van der Waals surface area contributed by atoms with Gasteiger partial charge in [0.25, 0.3) is 5.91 Å². The molecule has 140 valence electrons. The summed E-state index contributed by atoms with van der Waals surface area (Å²) in [7, 11) is 0. The summed E-state index contributed by atoms with van der Waals surface area (Å²) in [6, 6.07) is 8.31. The van der Waals surface area contributed by atoms with E-state index >= 15 is 0 Å². The monoisotopic (exact) mass is 384 g/mol. The smallest absolute Gasteiger partial charge is 0.272 e. The number of hydrogen-bond donors (Lipinski definition) is 2. The van der Waals surface area contributed by atoms with E-state index < -0.39 is 0 Å². The molecule has 4 rings (SSSR count). The Balaban J connectivity index is 1.52. The van der Waals surface area contributed by atoms with Crippen LogP contribution >= 0.6 is 11.3 Å². The summed E-state index contributed by atoms with van der Waals surface area (Å²) >= 11 is 1.50. The average Bonchev–Trinajstić information content (AvgIpc) is 3.30. The molecule has 0 radical (unpaired) electrons. The minimum atomic E-state index is -0.269. The number of benzene rings is 1. The largest absolute Gasteiger partial charge is 0.348 e. The van der Waals surface area contributed by atoms with Gasteiger partial charge in [0.1, 0.15) is 10.8 Å². The second-order valence-electron chi connectivity index (χ2n) is 6.92. The number of aromatic amines is 1. The van der Waals surface area contributed by atoms with Crippen molar-refractivity contribution >= 4 is 17.2 Å². The number of halogens is 1. The summed E-state index contributed by atoms with van der Waals surface area (Å²) in [6.45, 7) is 1.92. The van der Waals surface area contributed by atoms with Gasteiger partial charge in [-0.1, -0.05) is 19.3 Å². The van der Waals surface area contributed by atoms with Gasteiger partial charge in [0.15, 0.2) is 5.69 Å². The van der Waals surface area contributed by atoms with Gasteiger partial charge in [0, 0.05) is 11.6 Å². The Labute approximate surface area is 161 Å². The zero-order valence-electron chi connectivity index (χ0n) is 15.1. The predicted molar refractivity (Wildman–Crippen MR) is 104 cm³/mol. The van der Waals surface area contributed by atoms with Crippen LogP contribution in [0.2, 0.25) is 0 Å². The Morgan fingerprint density at radius 3 is 2.70 bits per heavy atom. The van der Waals surface area contributed by atoms with Crippen LogP contribution in [0.4, 0.5) is 4.39 Å². The van der Waals surface area contributed by atoms with Crippen LogP contribution in [-0.2, 0) is 0 Å². The van der Waals surface area contributed by atoms with Crippen molar-refractivity contribution in [1.82, 2.24) is 20.5 Å². The molecule has 1 saturated carbocycles. The van der Waals surface area contributed by atoms with Gasteiger partial charge in [-0.15, -0.1) is 11.3 Å². The van der Waals surface area contributed by atoms with Crippen molar-refractivity contribution in [3.8, 4) is 21.1 Å². The molecule has 1 aliphatic rings. The van der Waals surface area contributed by atoms with Crippen molar-refractivity contribution < 1.29 is 9.18 Å². The zero-order chi connectivity index (χ0) is 18.8. The maximum atomic E-state index is 13.1. The first-order valence-electron chi connectivity index (χ1n) is 9.20. The van der Waals surface area contributed by atoms with Crippen LogP contribution in [-0.4, -0.2) is 27.1 Å². The highest BCUT2D eigenvalue weighted by Crippen LogP contribution is 2.34. The number of rotatable bonds is 4. The summed E-state index contributed by atoms with van der Waals surface area (Å²) < 4.78 is 13.1. The summed E-state index contributed by atoms with van der Waals surface area (Å²) in [6.07, 6.45) is 5.67. The number of amides is 1. The van der Waals surface area contributed by atoms with Crippen molar-refractivity contribution in [2.75, 3.05) is 0 Å². The molecule has 5 nitrogen and oxygen atoms in total. The van der Waals surface area contributed by atoms with Crippen molar-refractivity contribution in [3.05, 3.63) is 47.5 Å². The Hall–Kier alpha value is -2.54. The van der Waals surface area contributed by atoms with Crippen LogP contribution in [0.5, 0.6) is 0 Å². The molecule has 27 heavy (non-hydrogen) atoms. The summed E-state index contributed by atoms with van der Waals surface area (Å²) in [5.74, 6) is -0.403. The highest BCUT2D eigenvalue weighted by Gasteiger charge is 2.20. The van der Waals surface area contributed by atoms with Gasteiger partial charge in [-0.25, -0.2) is 9.37 Å². The number of aromatic nitrogens is 3. The Morgan fingerprint density at radius 2 is 1.96 bits per heavy atom. The molecule has 0 atom stereocenters. The average molecular weight is 384 g/mol. The third-order valence-electron chi connectivity index (χ3n) is 4.88. The molecule has 2 heterocycles. The fraction of sp³-hybridized carbons (Fsp3) is 0.350. The normalized spacial score (nSPS) is 15.0. The van der Waals surface area contributed by atoms with Gasteiger partial charge in [0.05, 0.1) is 16.3 Å². The molecule has 2 aromatic heterocycles. The van der Waals surface area contributed by atoms with Crippen molar-refractivity contribution in [3.63, 3.8) is 0 Å². The first-order valence-corrected chi connectivity index (χ1v) is 10.0. The van der Waals surface area contributed by atoms with E-state index in [0.29, 0.717) is 5.69 Å². The number of hydrogen-bond acceptors (Lipinski definition) is 4. The number of aryl methyl sites for hydroxylation is 1. The van der Waals surface area contributed by atoms with Gasteiger partial charge in [-0.2, -0.15) is 5.10 Å². The molecule has 7 heteroatoms. The molecular weight excluding hydrogens is 363 g/mol. The topological polar surface area (TPSA) is 70.7 Å². The number of nitrogens with zero attached hydrogens (tertiary/aromatic N) is 2. The SMILES string of the molecule is Cc1nc(-c2ccc(F)cc2)sc1-c1cc(C(=O)NC2CCCCC2)n[nH]1. The lowest BCUT2D eigenvalue weighted by Crippen LogP contribution is -2.36. The van der Waals surface area contributed by atoms with Crippen LogP contribution in [0, 0.1) is 12.7 Å². The van der Waals surface area contributed by atoms with E-state index in [9.17, 15) is 9.18 Å². The number of thiazole rings is 1. The van der Waals surface area contributed by atoms with Crippen LogP contribution in [0.1, 0.15) is 48.3 Å². The molecule has 0 aliphatic heterocycles. The molecule has 3 aromatic rings. The minimum absolute atomic E-state index is 0.134. The molecule has 1 amide bonds. The molecule has 0 unspecified atom stereocenters. The minimum Gasteiger partial charge on any atom is -0.348 e. The van der Waals surface area contributed by atoms with Gasteiger partial charge in [0.2, 0.25) is 0 Å². The number of carbonyl (C=O) groups excluding carboxylic acids is 1. The van der Waals surface area contributed by atoms with Gasteiger partial charge in [-0.05, 0) is 50.1 Å². The standard InChI is InChI=1S/C20H21FN4OS/c1-12-18(27-20(22-12)13-7-9-14(21)10-8-13)16-11-17(25-24-16)19(26)23-15-5-3-2-4-6-15/h7-11,15H,2-6H2,1H3,(H,23,26)(H,24,25). The van der Waals surface area contributed by atoms with Crippen molar-refractivity contribution in [2.45, 2.75) is 45.1 Å². The van der Waals surface area contributed by atoms with Crippen molar-refractivity contribution in [1.29, 1.82) is 0 Å². The lowest BCUT2D eigenvalue weighted by atomic mass is 9.95. The van der Waals surface area contributed by atoms with Crippen LogP contribution in [0.25, 0.3) is 21.1 Å². The van der Waals surface area contributed by atoms with Crippen molar-refractivity contribution in [2.24, 2.45) is 0 Å². The molecule has 1 fully saturated rings. The fourth-order valence-electron chi connectivity index (χ4n) is 3.42. The molecule has 1 aliphatic carbocycles. The molecule has 2 N–H and O–H groups in total. The highest BCUT2D eigenvalue weighted by molar-refractivity contribution is 7.18. The third-order valence-corrected chi connectivity index (χ3v) is 6.12. The second kappa shape index (κ2) is 7.60.